The molecule has 0 radical (unpaired) electrons. The van der Waals surface area contributed by atoms with Gasteiger partial charge in [0.2, 0.25) is 0 Å². The maximum atomic E-state index is 10.5. The highest BCUT2D eigenvalue weighted by Crippen LogP contribution is 2.41. The summed E-state index contributed by atoms with van der Waals surface area (Å²) in [5, 5.41) is 10.5. The Kier molecular flexibility index (Phi) is 3.16. The minimum atomic E-state index is -0.348. The molecule has 3 rings (SSSR count). The van der Waals surface area contributed by atoms with Gasteiger partial charge in [0.05, 0.1) is 6.10 Å². The molecule has 0 heterocycles. The van der Waals surface area contributed by atoms with Crippen molar-refractivity contribution >= 4 is 0 Å². The fraction of sp³-hybridized carbons (Fsp3) is 0.333. The van der Waals surface area contributed by atoms with Gasteiger partial charge >= 0.3 is 0 Å². The molecule has 19 heavy (non-hydrogen) atoms. The van der Waals surface area contributed by atoms with Gasteiger partial charge in [-0.05, 0) is 54.9 Å². The van der Waals surface area contributed by atoms with Crippen LogP contribution in [-0.2, 0) is 6.42 Å². The summed E-state index contributed by atoms with van der Waals surface area (Å²) in [5.41, 5.74) is 6.39. The minimum Gasteiger partial charge on any atom is -0.388 e. The number of rotatable bonds is 3. The lowest BCUT2D eigenvalue weighted by Crippen LogP contribution is -2.19. The summed E-state index contributed by atoms with van der Waals surface area (Å²) in [4.78, 5) is 0. The molecule has 2 aromatic carbocycles. The van der Waals surface area contributed by atoms with E-state index in [4.69, 9.17) is 0 Å². The molecule has 2 aromatic rings. The molecule has 0 saturated heterocycles. The van der Waals surface area contributed by atoms with Crippen LogP contribution in [0.15, 0.2) is 42.5 Å². The van der Waals surface area contributed by atoms with E-state index in [1.54, 1.807) is 0 Å². The second-order valence-corrected chi connectivity index (χ2v) is 5.71. The van der Waals surface area contributed by atoms with E-state index >= 15 is 0 Å². The lowest BCUT2D eigenvalue weighted by Gasteiger charge is -2.32. The van der Waals surface area contributed by atoms with Crippen LogP contribution < -0.4 is 0 Å². The monoisotopic (exact) mass is 252 g/mol. The van der Waals surface area contributed by atoms with E-state index in [9.17, 15) is 5.11 Å². The van der Waals surface area contributed by atoms with E-state index in [-0.39, 0.29) is 6.10 Å². The molecule has 1 nitrogen and oxygen atoms in total. The van der Waals surface area contributed by atoms with Crippen LogP contribution in [0.25, 0.3) is 0 Å². The molecule has 0 spiro atoms. The van der Waals surface area contributed by atoms with Gasteiger partial charge in [-0.25, -0.2) is 0 Å². The third kappa shape index (κ3) is 2.31. The van der Waals surface area contributed by atoms with E-state index in [2.05, 4.69) is 56.3 Å². The second-order valence-electron chi connectivity index (χ2n) is 5.71. The first-order chi connectivity index (χ1) is 9.15. The molecule has 0 saturated carbocycles. The Labute approximate surface area is 114 Å². The largest absolute Gasteiger partial charge is 0.388 e. The van der Waals surface area contributed by atoms with Crippen molar-refractivity contribution in [2.75, 3.05) is 0 Å². The molecule has 0 aliphatic heterocycles. The zero-order valence-electron chi connectivity index (χ0n) is 11.6. The predicted octanol–water partition coefficient (Wildman–Crippen LogP) is 4.07. The molecule has 1 aliphatic carbocycles. The van der Waals surface area contributed by atoms with Crippen molar-refractivity contribution < 1.29 is 5.11 Å². The summed E-state index contributed by atoms with van der Waals surface area (Å²) in [6.45, 7) is 4.17. The zero-order chi connectivity index (χ0) is 13.4. The summed E-state index contributed by atoms with van der Waals surface area (Å²) in [6.07, 6.45) is 1.60. The van der Waals surface area contributed by atoms with Crippen molar-refractivity contribution in [3.05, 3.63) is 70.3 Å². The number of fused-ring (bicyclic) bond motifs is 1. The van der Waals surface area contributed by atoms with Crippen molar-refractivity contribution in [1.82, 2.24) is 0 Å². The predicted molar refractivity (Wildman–Crippen MR) is 78.4 cm³/mol. The van der Waals surface area contributed by atoms with Crippen LogP contribution in [0.4, 0.5) is 0 Å². The first kappa shape index (κ1) is 12.4. The highest BCUT2D eigenvalue weighted by molar-refractivity contribution is 5.40. The van der Waals surface area contributed by atoms with E-state index in [1.807, 2.05) is 0 Å². The Bertz CT molecular complexity index is 600. The molecule has 1 N–H and O–H groups in total. The average Bonchev–Trinajstić information content (AvgIpc) is 2.35. The molecule has 0 aromatic heterocycles. The van der Waals surface area contributed by atoms with Crippen LogP contribution in [0, 0.1) is 13.8 Å². The highest BCUT2D eigenvalue weighted by Gasteiger charge is 2.28. The highest BCUT2D eigenvalue weighted by atomic mass is 16.3. The number of aliphatic hydroxyl groups is 1. The van der Waals surface area contributed by atoms with Crippen LogP contribution in [0.1, 0.15) is 46.3 Å². The second kappa shape index (κ2) is 4.82. The Morgan fingerprint density at radius 3 is 2.68 bits per heavy atom. The van der Waals surface area contributed by atoms with Gasteiger partial charge in [-0.2, -0.15) is 0 Å². The third-order valence-corrected chi connectivity index (χ3v) is 4.25. The zero-order valence-corrected chi connectivity index (χ0v) is 11.6. The van der Waals surface area contributed by atoms with Crippen LogP contribution in [0.5, 0.6) is 0 Å². The van der Waals surface area contributed by atoms with Crippen molar-refractivity contribution in [2.24, 2.45) is 0 Å². The molecule has 98 valence electrons. The van der Waals surface area contributed by atoms with Crippen molar-refractivity contribution in [3.8, 4) is 0 Å². The van der Waals surface area contributed by atoms with Crippen LogP contribution in [-0.4, -0.2) is 5.11 Å². The normalized spacial score (nSPS) is 18.6. The average molecular weight is 252 g/mol. The smallest absolute Gasteiger partial charge is 0.0798 e. The van der Waals surface area contributed by atoms with E-state index in [1.165, 1.54) is 22.3 Å². The van der Waals surface area contributed by atoms with Gasteiger partial charge in [0, 0.05) is 0 Å². The Hall–Kier alpha value is -1.60. The van der Waals surface area contributed by atoms with Crippen molar-refractivity contribution in [3.63, 3.8) is 0 Å². The topological polar surface area (TPSA) is 20.2 Å². The summed E-state index contributed by atoms with van der Waals surface area (Å²) in [5.74, 6) is 0.520. The molecule has 0 fully saturated rings. The standard InChI is InChI=1S/C18H20O/c1-12-7-8-16(13(2)9-12)18(19)11-15-10-14-5-3-4-6-17(14)15/h3-9,15,18-19H,10-11H2,1-2H3. The van der Waals surface area contributed by atoms with Gasteiger partial charge in [-0.3, -0.25) is 0 Å². The third-order valence-electron chi connectivity index (χ3n) is 4.25. The van der Waals surface area contributed by atoms with Gasteiger partial charge in [0.25, 0.3) is 0 Å². The molecule has 2 unspecified atom stereocenters. The first-order valence-corrected chi connectivity index (χ1v) is 6.98. The summed E-state index contributed by atoms with van der Waals surface area (Å²) >= 11 is 0. The van der Waals surface area contributed by atoms with Crippen molar-refractivity contribution in [1.29, 1.82) is 0 Å². The van der Waals surface area contributed by atoms with Crippen molar-refractivity contribution in [2.45, 2.75) is 38.7 Å². The fourth-order valence-electron chi connectivity index (χ4n) is 3.17. The Morgan fingerprint density at radius 1 is 1.16 bits per heavy atom. The quantitative estimate of drug-likeness (QED) is 0.873. The first-order valence-electron chi connectivity index (χ1n) is 6.98. The number of hydrogen-bond acceptors (Lipinski definition) is 1. The van der Waals surface area contributed by atoms with Gasteiger partial charge in [-0.1, -0.05) is 48.0 Å². The maximum absolute atomic E-state index is 10.5. The molecular weight excluding hydrogens is 232 g/mol. The van der Waals surface area contributed by atoms with Crippen LogP contribution in [0.3, 0.4) is 0 Å². The summed E-state index contributed by atoms with van der Waals surface area (Å²) < 4.78 is 0. The number of aryl methyl sites for hydroxylation is 2. The Morgan fingerprint density at radius 2 is 1.95 bits per heavy atom. The number of hydrogen-bond donors (Lipinski definition) is 1. The minimum absolute atomic E-state index is 0.348. The molecule has 0 amide bonds. The molecule has 1 aliphatic rings. The lowest BCUT2D eigenvalue weighted by molar-refractivity contribution is 0.153. The maximum Gasteiger partial charge on any atom is 0.0798 e. The summed E-state index contributed by atoms with van der Waals surface area (Å²) in [6, 6.07) is 14.9. The van der Waals surface area contributed by atoms with Crippen LogP contribution >= 0.6 is 0 Å². The molecule has 2 atom stereocenters. The van der Waals surface area contributed by atoms with E-state index in [0.717, 1.165) is 18.4 Å². The molecule has 1 heteroatoms. The lowest BCUT2D eigenvalue weighted by atomic mass is 9.74. The summed E-state index contributed by atoms with van der Waals surface area (Å²) in [7, 11) is 0. The molecule has 0 bridgehead atoms. The van der Waals surface area contributed by atoms with Gasteiger partial charge < -0.3 is 5.11 Å². The van der Waals surface area contributed by atoms with Gasteiger partial charge in [0.15, 0.2) is 0 Å². The van der Waals surface area contributed by atoms with E-state index in [0.29, 0.717) is 5.92 Å². The Balaban J connectivity index is 1.75. The van der Waals surface area contributed by atoms with Crippen LogP contribution in [0.2, 0.25) is 0 Å². The number of benzene rings is 2. The van der Waals surface area contributed by atoms with Gasteiger partial charge in [-0.15, -0.1) is 0 Å². The SMILES string of the molecule is Cc1ccc(C(O)CC2Cc3ccccc32)c(C)c1. The molecular formula is C18H20O. The van der Waals surface area contributed by atoms with E-state index < -0.39 is 0 Å². The van der Waals surface area contributed by atoms with Gasteiger partial charge in [0.1, 0.15) is 0 Å². The fourth-order valence-corrected chi connectivity index (χ4v) is 3.17. The number of aliphatic hydroxyl groups excluding tert-OH is 1.